The average Bonchev–Trinajstić information content (AvgIpc) is 3.06. The van der Waals surface area contributed by atoms with Crippen molar-refractivity contribution in [3.05, 3.63) is 72.1 Å². The van der Waals surface area contributed by atoms with Gasteiger partial charge in [-0.3, -0.25) is 9.78 Å². The molecule has 5 nitrogen and oxygen atoms in total. The van der Waals surface area contributed by atoms with Crippen LogP contribution >= 0.6 is 0 Å². The number of pyridine rings is 1. The second-order valence-electron chi connectivity index (χ2n) is 7.34. The summed E-state index contributed by atoms with van der Waals surface area (Å²) >= 11 is 0. The minimum atomic E-state index is -0.115. The van der Waals surface area contributed by atoms with E-state index < -0.39 is 0 Å². The maximum Gasteiger partial charge on any atom is 0.257 e. The number of hydrogen-bond donors (Lipinski definition) is 1. The van der Waals surface area contributed by atoms with E-state index in [2.05, 4.69) is 39.9 Å². The van der Waals surface area contributed by atoms with Gasteiger partial charge in [0.2, 0.25) is 0 Å². The SMILES string of the molecule is Cc1ccc2cccc(NC(=O)c3cn(CCN(C)C)c4ccccc34)c2n1. The van der Waals surface area contributed by atoms with E-state index in [1.165, 1.54) is 0 Å². The maximum atomic E-state index is 13.1. The first-order valence-electron chi connectivity index (χ1n) is 9.43. The number of aromatic nitrogens is 2. The molecular formula is C23H24N4O. The van der Waals surface area contributed by atoms with Crippen LogP contribution in [0.3, 0.4) is 0 Å². The van der Waals surface area contributed by atoms with Crippen LogP contribution in [0.25, 0.3) is 21.8 Å². The van der Waals surface area contributed by atoms with E-state index in [1.54, 1.807) is 0 Å². The van der Waals surface area contributed by atoms with E-state index in [4.69, 9.17) is 0 Å². The highest BCUT2D eigenvalue weighted by molar-refractivity contribution is 6.14. The summed E-state index contributed by atoms with van der Waals surface area (Å²) in [6.45, 7) is 3.69. The smallest absolute Gasteiger partial charge is 0.257 e. The van der Waals surface area contributed by atoms with Gasteiger partial charge >= 0.3 is 0 Å². The van der Waals surface area contributed by atoms with Gasteiger partial charge in [-0.1, -0.05) is 36.4 Å². The van der Waals surface area contributed by atoms with Crippen molar-refractivity contribution in [3.63, 3.8) is 0 Å². The largest absolute Gasteiger partial charge is 0.345 e. The minimum absolute atomic E-state index is 0.115. The molecule has 2 heterocycles. The lowest BCUT2D eigenvalue weighted by Crippen LogP contribution is -2.18. The molecule has 0 unspecified atom stereocenters. The van der Waals surface area contributed by atoms with E-state index in [-0.39, 0.29) is 5.91 Å². The molecule has 0 bridgehead atoms. The van der Waals surface area contributed by atoms with Crippen LogP contribution in [0.2, 0.25) is 0 Å². The van der Waals surface area contributed by atoms with E-state index in [0.29, 0.717) is 5.56 Å². The van der Waals surface area contributed by atoms with Crippen molar-refractivity contribution in [2.45, 2.75) is 13.5 Å². The Morgan fingerprint density at radius 2 is 1.89 bits per heavy atom. The highest BCUT2D eigenvalue weighted by atomic mass is 16.1. The molecule has 0 saturated carbocycles. The molecule has 0 atom stereocenters. The van der Waals surface area contributed by atoms with Crippen LogP contribution in [-0.4, -0.2) is 41.0 Å². The number of rotatable bonds is 5. The molecule has 0 radical (unpaired) electrons. The zero-order chi connectivity index (χ0) is 19.7. The Morgan fingerprint density at radius 1 is 1.07 bits per heavy atom. The van der Waals surface area contributed by atoms with Crippen LogP contribution in [0.15, 0.2) is 60.8 Å². The molecule has 5 heteroatoms. The number of amides is 1. The van der Waals surface area contributed by atoms with Crippen LogP contribution in [0, 0.1) is 6.92 Å². The second-order valence-corrected chi connectivity index (χ2v) is 7.34. The molecule has 4 aromatic rings. The van der Waals surface area contributed by atoms with Crippen molar-refractivity contribution >= 4 is 33.4 Å². The molecule has 0 fully saturated rings. The standard InChI is InChI=1S/C23H24N4O/c1-16-11-12-17-7-6-9-20(22(17)24-16)25-23(28)19-15-27(14-13-26(2)3)21-10-5-4-8-18(19)21/h4-12,15H,13-14H2,1-3H3,(H,25,28). The predicted molar refractivity (Wildman–Crippen MR) is 115 cm³/mol. The number of fused-ring (bicyclic) bond motifs is 2. The van der Waals surface area contributed by atoms with Gasteiger partial charge in [-0.05, 0) is 39.2 Å². The summed E-state index contributed by atoms with van der Waals surface area (Å²) in [5.41, 5.74) is 4.22. The minimum Gasteiger partial charge on any atom is -0.345 e. The summed E-state index contributed by atoms with van der Waals surface area (Å²) < 4.78 is 2.15. The van der Waals surface area contributed by atoms with Gasteiger partial charge in [-0.2, -0.15) is 0 Å². The molecule has 0 aliphatic carbocycles. The fourth-order valence-corrected chi connectivity index (χ4v) is 3.46. The molecule has 0 aliphatic heterocycles. The van der Waals surface area contributed by atoms with E-state index in [1.807, 2.05) is 61.7 Å². The normalized spacial score (nSPS) is 11.4. The molecule has 0 spiro atoms. The van der Waals surface area contributed by atoms with Gasteiger partial charge in [0.25, 0.3) is 5.91 Å². The fraction of sp³-hybridized carbons (Fsp3) is 0.217. The zero-order valence-corrected chi connectivity index (χ0v) is 16.4. The van der Waals surface area contributed by atoms with Crippen LogP contribution < -0.4 is 5.32 Å². The van der Waals surface area contributed by atoms with Crippen LogP contribution in [0.1, 0.15) is 16.1 Å². The summed E-state index contributed by atoms with van der Waals surface area (Å²) in [7, 11) is 4.10. The molecule has 4 rings (SSSR count). The first kappa shape index (κ1) is 18.2. The Bertz CT molecular complexity index is 1160. The van der Waals surface area contributed by atoms with E-state index >= 15 is 0 Å². The highest BCUT2D eigenvalue weighted by Gasteiger charge is 2.16. The molecule has 1 amide bonds. The fourth-order valence-electron chi connectivity index (χ4n) is 3.46. The molecule has 142 valence electrons. The van der Waals surface area contributed by atoms with Crippen molar-refractivity contribution in [1.29, 1.82) is 0 Å². The predicted octanol–water partition coefficient (Wildman–Crippen LogP) is 4.31. The Kier molecular flexibility index (Phi) is 4.84. The van der Waals surface area contributed by atoms with Gasteiger partial charge in [0.1, 0.15) is 0 Å². The maximum absolute atomic E-state index is 13.1. The van der Waals surface area contributed by atoms with Gasteiger partial charge < -0.3 is 14.8 Å². The highest BCUT2D eigenvalue weighted by Crippen LogP contribution is 2.25. The second kappa shape index (κ2) is 7.44. The van der Waals surface area contributed by atoms with Gasteiger partial charge in [0, 0.05) is 41.3 Å². The van der Waals surface area contributed by atoms with Crippen molar-refractivity contribution in [2.24, 2.45) is 0 Å². The van der Waals surface area contributed by atoms with Crippen LogP contribution in [0.4, 0.5) is 5.69 Å². The van der Waals surface area contributed by atoms with Gasteiger partial charge in [-0.25, -0.2) is 0 Å². The third-order valence-electron chi connectivity index (χ3n) is 4.93. The first-order chi connectivity index (χ1) is 13.5. The molecule has 1 N–H and O–H groups in total. The summed E-state index contributed by atoms with van der Waals surface area (Å²) in [4.78, 5) is 19.9. The number of nitrogens with one attached hydrogen (secondary N) is 1. The van der Waals surface area contributed by atoms with E-state index in [9.17, 15) is 4.79 Å². The molecule has 2 aromatic carbocycles. The Hall–Kier alpha value is -3.18. The van der Waals surface area contributed by atoms with Crippen molar-refractivity contribution in [3.8, 4) is 0 Å². The number of anilines is 1. The first-order valence-corrected chi connectivity index (χ1v) is 9.43. The molecule has 28 heavy (non-hydrogen) atoms. The third-order valence-corrected chi connectivity index (χ3v) is 4.93. The number of benzene rings is 2. The van der Waals surface area contributed by atoms with Gasteiger partial charge in [0.15, 0.2) is 0 Å². The van der Waals surface area contributed by atoms with Crippen LogP contribution in [-0.2, 0) is 6.54 Å². The summed E-state index contributed by atoms with van der Waals surface area (Å²) in [5.74, 6) is -0.115. The number of nitrogens with zero attached hydrogens (tertiary/aromatic N) is 3. The zero-order valence-electron chi connectivity index (χ0n) is 16.4. The number of carbonyl (C=O) groups is 1. The summed E-state index contributed by atoms with van der Waals surface area (Å²) in [6, 6.07) is 17.9. The number of aryl methyl sites for hydroxylation is 1. The third kappa shape index (κ3) is 3.49. The van der Waals surface area contributed by atoms with Crippen molar-refractivity contribution in [2.75, 3.05) is 26.0 Å². The summed E-state index contributed by atoms with van der Waals surface area (Å²) in [6.07, 6.45) is 1.95. The summed E-state index contributed by atoms with van der Waals surface area (Å²) in [5, 5.41) is 5.05. The molecule has 2 aromatic heterocycles. The Labute approximate surface area is 164 Å². The number of para-hydroxylation sites is 2. The van der Waals surface area contributed by atoms with Crippen molar-refractivity contribution in [1.82, 2.24) is 14.5 Å². The van der Waals surface area contributed by atoms with Crippen LogP contribution in [0.5, 0.6) is 0 Å². The lowest BCUT2D eigenvalue weighted by atomic mass is 10.1. The monoisotopic (exact) mass is 372 g/mol. The number of likely N-dealkylation sites (N-methyl/N-ethyl adjacent to an activating group) is 1. The van der Waals surface area contributed by atoms with E-state index in [0.717, 1.165) is 46.3 Å². The molecule has 0 saturated heterocycles. The average molecular weight is 372 g/mol. The lowest BCUT2D eigenvalue weighted by Gasteiger charge is -2.11. The Morgan fingerprint density at radius 3 is 2.71 bits per heavy atom. The quantitative estimate of drug-likeness (QED) is 0.568. The Balaban J connectivity index is 1.71. The number of carbonyl (C=O) groups excluding carboxylic acids is 1. The van der Waals surface area contributed by atoms with Gasteiger partial charge in [0.05, 0.1) is 16.8 Å². The topological polar surface area (TPSA) is 50.2 Å². The van der Waals surface area contributed by atoms with Crippen molar-refractivity contribution < 1.29 is 4.79 Å². The number of hydrogen-bond acceptors (Lipinski definition) is 3. The van der Waals surface area contributed by atoms with Gasteiger partial charge in [-0.15, -0.1) is 0 Å². The molecular weight excluding hydrogens is 348 g/mol. The molecule has 0 aliphatic rings. The lowest BCUT2D eigenvalue weighted by molar-refractivity contribution is 0.102.